The summed E-state index contributed by atoms with van der Waals surface area (Å²) in [5, 5.41) is 6.57. The topological polar surface area (TPSA) is 36.4 Å². The lowest BCUT2D eigenvalue weighted by molar-refractivity contribution is 0.481. The van der Waals surface area contributed by atoms with Crippen LogP contribution in [0.1, 0.15) is 38.8 Å². The first kappa shape index (κ1) is 16.5. The maximum Gasteiger partial charge on any atom is 0.191 e. The van der Waals surface area contributed by atoms with E-state index in [-0.39, 0.29) is 5.82 Å². The smallest absolute Gasteiger partial charge is 0.191 e. The second-order valence-corrected chi connectivity index (χ2v) is 5.46. The van der Waals surface area contributed by atoms with Crippen molar-refractivity contribution >= 4 is 5.96 Å². The molecule has 0 aliphatic carbocycles. The fourth-order valence-corrected chi connectivity index (χ4v) is 1.61. The number of hydrogen-bond donors (Lipinski definition) is 2. The molecule has 4 heteroatoms. The van der Waals surface area contributed by atoms with E-state index in [9.17, 15) is 4.39 Å². The van der Waals surface area contributed by atoms with Crippen molar-refractivity contribution in [2.45, 2.75) is 47.2 Å². The van der Waals surface area contributed by atoms with Crippen LogP contribution in [0.4, 0.5) is 4.39 Å². The quantitative estimate of drug-likeness (QED) is 0.641. The molecule has 0 heterocycles. The predicted molar refractivity (Wildman–Crippen MR) is 83.4 cm³/mol. The van der Waals surface area contributed by atoms with Crippen LogP contribution in [0.5, 0.6) is 0 Å². The maximum absolute atomic E-state index is 13.5. The number of hydrogen-bond acceptors (Lipinski definition) is 1. The highest BCUT2D eigenvalue weighted by molar-refractivity contribution is 5.80. The highest BCUT2D eigenvalue weighted by Crippen LogP contribution is 2.10. The Morgan fingerprint density at radius 3 is 2.55 bits per heavy atom. The molecule has 0 saturated heterocycles. The highest BCUT2D eigenvalue weighted by atomic mass is 19.1. The van der Waals surface area contributed by atoms with Gasteiger partial charge in [-0.25, -0.2) is 9.38 Å². The number of aliphatic imine (C=N–C) groups is 1. The monoisotopic (exact) mass is 279 g/mol. The summed E-state index contributed by atoms with van der Waals surface area (Å²) in [6, 6.07) is 5.59. The molecule has 2 N–H and O–H groups in total. The van der Waals surface area contributed by atoms with Crippen LogP contribution in [-0.2, 0) is 6.54 Å². The summed E-state index contributed by atoms with van der Waals surface area (Å²) in [4.78, 5) is 4.50. The fraction of sp³-hybridized carbons (Fsp3) is 0.562. The lowest BCUT2D eigenvalue weighted by Crippen LogP contribution is -2.44. The van der Waals surface area contributed by atoms with Gasteiger partial charge in [0.1, 0.15) is 5.82 Å². The van der Waals surface area contributed by atoms with E-state index in [2.05, 4.69) is 36.4 Å². The zero-order chi connectivity index (χ0) is 15.1. The first-order valence-corrected chi connectivity index (χ1v) is 7.24. The number of halogens is 1. The SMILES string of the molecule is CCNC(=NCc1ccc(C)c(F)c1)NC(C)C(C)C. The van der Waals surface area contributed by atoms with Crippen LogP contribution in [0.25, 0.3) is 0 Å². The Kier molecular flexibility index (Phi) is 6.49. The van der Waals surface area contributed by atoms with E-state index in [4.69, 9.17) is 0 Å². The minimum absolute atomic E-state index is 0.175. The van der Waals surface area contributed by atoms with Gasteiger partial charge in [-0.2, -0.15) is 0 Å². The molecule has 0 fully saturated rings. The Bertz CT molecular complexity index is 455. The predicted octanol–water partition coefficient (Wildman–Crippen LogP) is 3.23. The summed E-state index contributed by atoms with van der Waals surface area (Å²) >= 11 is 0. The van der Waals surface area contributed by atoms with Gasteiger partial charge in [0.15, 0.2) is 5.96 Å². The van der Waals surface area contributed by atoms with Gasteiger partial charge in [0.2, 0.25) is 0 Å². The van der Waals surface area contributed by atoms with Gasteiger partial charge < -0.3 is 10.6 Å². The van der Waals surface area contributed by atoms with Gasteiger partial charge in [-0.1, -0.05) is 26.0 Å². The van der Waals surface area contributed by atoms with Gasteiger partial charge in [-0.15, -0.1) is 0 Å². The van der Waals surface area contributed by atoms with Crippen LogP contribution in [0, 0.1) is 18.7 Å². The largest absolute Gasteiger partial charge is 0.357 e. The summed E-state index contributed by atoms with van der Waals surface area (Å²) in [7, 11) is 0. The Balaban J connectivity index is 2.73. The summed E-state index contributed by atoms with van der Waals surface area (Å²) < 4.78 is 13.5. The molecule has 1 atom stereocenters. The first-order valence-electron chi connectivity index (χ1n) is 7.24. The maximum atomic E-state index is 13.5. The Labute approximate surface area is 121 Å². The number of aryl methyl sites for hydroxylation is 1. The summed E-state index contributed by atoms with van der Waals surface area (Å²) in [5.74, 6) is 1.12. The molecule has 0 saturated carbocycles. The van der Waals surface area contributed by atoms with Crippen molar-refractivity contribution in [1.82, 2.24) is 10.6 Å². The van der Waals surface area contributed by atoms with Crippen LogP contribution in [-0.4, -0.2) is 18.5 Å². The first-order chi connectivity index (χ1) is 9.43. The van der Waals surface area contributed by atoms with Crippen LogP contribution in [0.15, 0.2) is 23.2 Å². The van der Waals surface area contributed by atoms with Crippen LogP contribution in [0.2, 0.25) is 0 Å². The fourth-order valence-electron chi connectivity index (χ4n) is 1.61. The molecule has 0 aliphatic rings. The zero-order valence-electron chi connectivity index (χ0n) is 13.1. The average Bonchev–Trinajstić information content (AvgIpc) is 2.39. The second-order valence-electron chi connectivity index (χ2n) is 5.46. The van der Waals surface area contributed by atoms with Gasteiger partial charge in [-0.3, -0.25) is 0 Å². The van der Waals surface area contributed by atoms with Gasteiger partial charge in [0.05, 0.1) is 6.54 Å². The molecule has 1 unspecified atom stereocenters. The molecular weight excluding hydrogens is 253 g/mol. The van der Waals surface area contributed by atoms with Gasteiger partial charge in [-0.05, 0) is 43.9 Å². The Hall–Kier alpha value is -1.58. The van der Waals surface area contributed by atoms with E-state index in [1.54, 1.807) is 19.1 Å². The molecule has 0 bridgehead atoms. The minimum atomic E-state index is -0.175. The summed E-state index contributed by atoms with van der Waals surface area (Å²) in [6.07, 6.45) is 0. The third kappa shape index (κ3) is 5.19. The number of guanidine groups is 1. The molecule has 0 spiro atoms. The van der Waals surface area contributed by atoms with Crippen LogP contribution < -0.4 is 10.6 Å². The number of benzene rings is 1. The molecule has 1 aromatic rings. The van der Waals surface area contributed by atoms with E-state index >= 15 is 0 Å². The molecule has 0 radical (unpaired) electrons. The Morgan fingerprint density at radius 2 is 2.00 bits per heavy atom. The number of nitrogens with one attached hydrogen (secondary N) is 2. The van der Waals surface area contributed by atoms with Gasteiger partial charge in [0, 0.05) is 12.6 Å². The van der Waals surface area contributed by atoms with E-state index < -0.39 is 0 Å². The molecule has 0 aliphatic heterocycles. The molecule has 0 aromatic heterocycles. The van der Waals surface area contributed by atoms with Gasteiger partial charge >= 0.3 is 0 Å². The lowest BCUT2D eigenvalue weighted by Gasteiger charge is -2.20. The van der Waals surface area contributed by atoms with Crippen molar-refractivity contribution in [3.63, 3.8) is 0 Å². The summed E-state index contributed by atoms with van der Waals surface area (Å²) in [5.41, 5.74) is 1.54. The normalized spacial score (nSPS) is 13.4. The third-order valence-corrected chi connectivity index (χ3v) is 3.36. The van der Waals surface area contributed by atoms with Crippen LogP contribution in [0.3, 0.4) is 0 Å². The third-order valence-electron chi connectivity index (χ3n) is 3.36. The molecular formula is C16H26FN3. The molecule has 3 nitrogen and oxygen atoms in total. The van der Waals surface area contributed by atoms with Crippen molar-refractivity contribution < 1.29 is 4.39 Å². The number of nitrogens with zero attached hydrogens (tertiary/aromatic N) is 1. The molecule has 20 heavy (non-hydrogen) atoms. The number of rotatable bonds is 5. The Morgan fingerprint density at radius 1 is 1.30 bits per heavy atom. The average molecular weight is 279 g/mol. The molecule has 112 valence electrons. The van der Waals surface area contributed by atoms with Crippen molar-refractivity contribution in [3.8, 4) is 0 Å². The summed E-state index contributed by atoms with van der Waals surface area (Å²) in [6.45, 7) is 11.5. The van der Waals surface area contributed by atoms with E-state index in [1.807, 2.05) is 13.0 Å². The van der Waals surface area contributed by atoms with Crippen molar-refractivity contribution in [2.24, 2.45) is 10.9 Å². The van der Waals surface area contributed by atoms with Gasteiger partial charge in [0.25, 0.3) is 0 Å². The minimum Gasteiger partial charge on any atom is -0.357 e. The van der Waals surface area contributed by atoms with Crippen molar-refractivity contribution in [1.29, 1.82) is 0 Å². The second kappa shape index (κ2) is 7.88. The van der Waals surface area contributed by atoms with E-state index in [1.165, 1.54) is 0 Å². The van der Waals surface area contributed by atoms with E-state index in [0.29, 0.717) is 24.1 Å². The lowest BCUT2D eigenvalue weighted by atomic mass is 10.1. The molecule has 1 rings (SSSR count). The highest BCUT2D eigenvalue weighted by Gasteiger charge is 2.08. The van der Waals surface area contributed by atoms with Crippen LogP contribution >= 0.6 is 0 Å². The molecule has 0 amide bonds. The van der Waals surface area contributed by atoms with E-state index in [0.717, 1.165) is 18.1 Å². The zero-order valence-corrected chi connectivity index (χ0v) is 13.1. The standard InChI is InChI=1S/C16H26FN3/c1-6-18-16(20-13(5)11(2)3)19-10-14-8-7-12(4)15(17)9-14/h7-9,11,13H,6,10H2,1-5H3,(H2,18,19,20). The van der Waals surface area contributed by atoms with Crippen molar-refractivity contribution in [3.05, 3.63) is 35.1 Å². The molecule has 1 aromatic carbocycles. The van der Waals surface area contributed by atoms with Crippen molar-refractivity contribution in [2.75, 3.05) is 6.54 Å².